The number of fused-ring (bicyclic) bond motifs is 2. The molecule has 0 saturated carbocycles. The second-order valence-electron chi connectivity index (χ2n) is 7.06. The molecule has 30 heavy (non-hydrogen) atoms. The van der Waals surface area contributed by atoms with E-state index >= 15 is 0 Å². The molecule has 2 aromatic carbocycles. The first kappa shape index (κ1) is 19.9. The van der Waals surface area contributed by atoms with Gasteiger partial charge < -0.3 is 10.1 Å². The van der Waals surface area contributed by atoms with Crippen LogP contribution in [-0.2, 0) is 22.4 Å². The second-order valence-corrected chi connectivity index (χ2v) is 7.50. The molecule has 0 aliphatic heterocycles. The van der Waals surface area contributed by atoms with Crippen LogP contribution in [0, 0.1) is 11.3 Å². The van der Waals surface area contributed by atoms with E-state index in [-0.39, 0.29) is 11.3 Å². The molecule has 1 heterocycles. The Morgan fingerprint density at radius 3 is 2.80 bits per heavy atom. The highest BCUT2D eigenvalue weighted by atomic mass is 35.5. The van der Waals surface area contributed by atoms with Gasteiger partial charge in [-0.25, -0.2) is 4.79 Å². The molecule has 4 rings (SSSR count). The van der Waals surface area contributed by atoms with Crippen LogP contribution in [0.5, 0.6) is 0 Å². The van der Waals surface area contributed by atoms with Gasteiger partial charge in [0.05, 0.1) is 22.3 Å². The van der Waals surface area contributed by atoms with Crippen LogP contribution in [0.4, 0.5) is 5.69 Å². The number of hydrogen-bond acceptors (Lipinski definition) is 5. The summed E-state index contributed by atoms with van der Waals surface area (Å²) in [5.41, 5.74) is 3.61. The number of nitrogens with one attached hydrogen (secondary N) is 1. The van der Waals surface area contributed by atoms with Crippen molar-refractivity contribution in [3.05, 3.63) is 69.9 Å². The van der Waals surface area contributed by atoms with Crippen molar-refractivity contribution in [3.8, 4) is 6.07 Å². The molecule has 0 unspecified atom stereocenters. The normalized spacial score (nSPS) is 12.7. The lowest BCUT2D eigenvalue weighted by Crippen LogP contribution is -2.23. The molecule has 150 valence electrons. The minimum Gasteiger partial charge on any atom is -0.452 e. The third kappa shape index (κ3) is 3.98. The molecule has 0 bridgehead atoms. The molecule has 0 radical (unpaired) electrons. The minimum atomic E-state index is -0.548. The van der Waals surface area contributed by atoms with E-state index in [1.54, 1.807) is 6.07 Å². The summed E-state index contributed by atoms with van der Waals surface area (Å²) in [5.74, 6) is -1.09. The van der Waals surface area contributed by atoms with Gasteiger partial charge in [0.15, 0.2) is 6.61 Å². The van der Waals surface area contributed by atoms with Crippen molar-refractivity contribution in [1.29, 1.82) is 5.26 Å². The molecule has 7 heteroatoms. The number of carbonyl (C=O) groups excluding carboxylic acids is 2. The van der Waals surface area contributed by atoms with Gasteiger partial charge in [0.25, 0.3) is 5.91 Å². The molecular weight excluding hydrogens is 402 g/mol. The number of para-hydroxylation sites is 1. The second kappa shape index (κ2) is 8.52. The van der Waals surface area contributed by atoms with Crippen molar-refractivity contribution in [2.75, 3.05) is 11.9 Å². The molecule has 0 saturated heterocycles. The molecule has 1 amide bonds. The van der Waals surface area contributed by atoms with Crippen molar-refractivity contribution >= 4 is 40.1 Å². The number of halogens is 1. The van der Waals surface area contributed by atoms with E-state index in [2.05, 4.69) is 5.32 Å². The summed E-state index contributed by atoms with van der Waals surface area (Å²) in [5, 5.41) is 12.9. The first-order chi connectivity index (χ1) is 14.6. The SMILES string of the molecule is N#Cc1ccc(Cl)cc1NC(=O)COC(=O)c1c2c(nc3ccccc13)CCCC2. The maximum absolute atomic E-state index is 13.0. The molecule has 1 N–H and O–H groups in total. The summed E-state index contributed by atoms with van der Waals surface area (Å²) in [7, 11) is 0. The van der Waals surface area contributed by atoms with E-state index in [0.29, 0.717) is 10.6 Å². The fourth-order valence-corrected chi connectivity index (χ4v) is 3.88. The average Bonchev–Trinajstić information content (AvgIpc) is 2.76. The highest BCUT2D eigenvalue weighted by Gasteiger charge is 2.24. The molecule has 0 spiro atoms. The van der Waals surface area contributed by atoms with Gasteiger partial charge in [-0.1, -0.05) is 29.8 Å². The Bertz CT molecular complexity index is 1200. The molecule has 0 fully saturated rings. The molecule has 1 aromatic heterocycles. The fourth-order valence-electron chi connectivity index (χ4n) is 3.71. The summed E-state index contributed by atoms with van der Waals surface area (Å²) < 4.78 is 5.35. The number of hydrogen-bond donors (Lipinski definition) is 1. The maximum atomic E-state index is 13.0. The van der Waals surface area contributed by atoms with Gasteiger partial charge in [0.2, 0.25) is 0 Å². The number of esters is 1. The summed E-state index contributed by atoms with van der Waals surface area (Å²) in [6.45, 7) is -0.471. The fraction of sp³-hybridized carbons (Fsp3) is 0.217. The van der Waals surface area contributed by atoms with E-state index < -0.39 is 18.5 Å². The lowest BCUT2D eigenvalue weighted by atomic mass is 9.90. The smallest absolute Gasteiger partial charge is 0.339 e. The van der Waals surface area contributed by atoms with Crippen molar-refractivity contribution in [2.45, 2.75) is 25.7 Å². The number of ether oxygens (including phenoxy) is 1. The number of aryl methyl sites for hydroxylation is 1. The molecule has 1 aliphatic rings. The standard InChI is InChI=1S/C23H18ClN3O3/c24-15-10-9-14(12-25)20(11-15)27-21(28)13-30-23(29)22-16-5-1-3-7-18(16)26-19-8-4-2-6-17(19)22/h1,3,5,7,9-11H,2,4,6,8,13H2,(H,27,28). The number of anilines is 1. The van der Waals surface area contributed by atoms with Crippen molar-refractivity contribution in [1.82, 2.24) is 4.98 Å². The maximum Gasteiger partial charge on any atom is 0.339 e. The summed E-state index contributed by atoms with van der Waals surface area (Å²) in [6.07, 6.45) is 3.61. The Balaban J connectivity index is 1.55. The number of nitrogens with zero attached hydrogens (tertiary/aromatic N) is 2. The Morgan fingerprint density at radius 1 is 1.17 bits per heavy atom. The number of carbonyl (C=O) groups is 2. The van der Waals surface area contributed by atoms with Crippen LogP contribution in [0.3, 0.4) is 0 Å². The number of nitriles is 1. The number of amides is 1. The first-order valence-electron chi connectivity index (χ1n) is 9.64. The third-order valence-electron chi connectivity index (χ3n) is 5.08. The lowest BCUT2D eigenvalue weighted by molar-refractivity contribution is -0.119. The van der Waals surface area contributed by atoms with E-state index in [0.717, 1.165) is 47.8 Å². The van der Waals surface area contributed by atoms with Crippen LogP contribution in [0.2, 0.25) is 5.02 Å². The Kier molecular flexibility index (Phi) is 5.64. The molecule has 3 aromatic rings. The number of benzene rings is 2. The van der Waals surface area contributed by atoms with Gasteiger partial charge >= 0.3 is 5.97 Å². The minimum absolute atomic E-state index is 0.272. The van der Waals surface area contributed by atoms with Crippen LogP contribution in [0.15, 0.2) is 42.5 Å². The van der Waals surface area contributed by atoms with E-state index in [1.807, 2.05) is 30.3 Å². The first-order valence-corrected chi connectivity index (χ1v) is 10.0. The molecule has 0 atom stereocenters. The van der Waals surface area contributed by atoms with Crippen molar-refractivity contribution in [3.63, 3.8) is 0 Å². The van der Waals surface area contributed by atoms with Gasteiger partial charge in [0.1, 0.15) is 6.07 Å². The quantitative estimate of drug-likeness (QED) is 0.631. The predicted octanol–water partition coefficient (Wildman–Crippen LogP) is 4.43. The number of pyridine rings is 1. The van der Waals surface area contributed by atoms with Crippen LogP contribution in [-0.4, -0.2) is 23.5 Å². The topological polar surface area (TPSA) is 92.1 Å². The van der Waals surface area contributed by atoms with Gasteiger partial charge in [-0.15, -0.1) is 0 Å². The molecule has 6 nitrogen and oxygen atoms in total. The van der Waals surface area contributed by atoms with Crippen LogP contribution in [0.1, 0.15) is 40.0 Å². The molecule has 1 aliphatic carbocycles. The number of rotatable bonds is 4. The largest absolute Gasteiger partial charge is 0.452 e. The van der Waals surface area contributed by atoms with Gasteiger partial charge in [0, 0.05) is 16.1 Å². The van der Waals surface area contributed by atoms with E-state index in [4.69, 9.17) is 26.6 Å². The van der Waals surface area contributed by atoms with Crippen molar-refractivity contribution < 1.29 is 14.3 Å². The average molecular weight is 420 g/mol. The van der Waals surface area contributed by atoms with E-state index in [1.165, 1.54) is 12.1 Å². The summed E-state index contributed by atoms with van der Waals surface area (Å²) in [4.78, 5) is 30.0. The van der Waals surface area contributed by atoms with Crippen LogP contribution >= 0.6 is 11.6 Å². The highest BCUT2D eigenvalue weighted by molar-refractivity contribution is 6.31. The highest BCUT2D eigenvalue weighted by Crippen LogP contribution is 2.29. The Labute approximate surface area is 178 Å². The lowest BCUT2D eigenvalue weighted by Gasteiger charge is -2.20. The Morgan fingerprint density at radius 2 is 1.97 bits per heavy atom. The zero-order chi connectivity index (χ0) is 21.1. The van der Waals surface area contributed by atoms with Crippen molar-refractivity contribution in [2.24, 2.45) is 0 Å². The Hall–Kier alpha value is -3.43. The van der Waals surface area contributed by atoms with Gasteiger partial charge in [-0.05, 0) is 55.5 Å². The van der Waals surface area contributed by atoms with Crippen LogP contribution < -0.4 is 5.32 Å². The zero-order valence-electron chi connectivity index (χ0n) is 16.1. The van der Waals surface area contributed by atoms with Crippen LogP contribution in [0.25, 0.3) is 10.9 Å². The number of aromatic nitrogens is 1. The summed E-state index contributed by atoms with van der Waals surface area (Å²) in [6, 6.07) is 14.0. The van der Waals surface area contributed by atoms with E-state index in [9.17, 15) is 9.59 Å². The van der Waals surface area contributed by atoms with Gasteiger partial charge in [-0.3, -0.25) is 9.78 Å². The zero-order valence-corrected chi connectivity index (χ0v) is 16.8. The third-order valence-corrected chi connectivity index (χ3v) is 5.32. The summed E-state index contributed by atoms with van der Waals surface area (Å²) >= 11 is 5.94. The van der Waals surface area contributed by atoms with Gasteiger partial charge in [-0.2, -0.15) is 5.26 Å². The molecular formula is C23H18ClN3O3. The monoisotopic (exact) mass is 419 g/mol. The predicted molar refractivity (Wildman–Crippen MR) is 113 cm³/mol.